The van der Waals surface area contributed by atoms with Crippen LogP contribution in [0.5, 0.6) is 0 Å². The molecule has 1 amide bonds. The van der Waals surface area contributed by atoms with Crippen LogP contribution in [0.15, 0.2) is 54.6 Å². The van der Waals surface area contributed by atoms with Gasteiger partial charge < -0.3 is 10.2 Å². The second kappa shape index (κ2) is 8.76. The van der Waals surface area contributed by atoms with Crippen LogP contribution in [0.3, 0.4) is 0 Å². The van der Waals surface area contributed by atoms with Crippen LogP contribution in [0, 0.1) is 5.82 Å². The van der Waals surface area contributed by atoms with Crippen LogP contribution >= 0.6 is 11.6 Å². The third kappa shape index (κ3) is 4.66. The molecule has 29 heavy (non-hydrogen) atoms. The number of amides is 1. The van der Waals surface area contributed by atoms with Crippen molar-refractivity contribution in [2.45, 2.75) is 12.8 Å². The molecule has 3 aromatic rings. The van der Waals surface area contributed by atoms with E-state index in [0.717, 1.165) is 25.2 Å². The van der Waals surface area contributed by atoms with Crippen LogP contribution in [0.4, 0.5) is 4.39 Å². The summed E-state index contributed by atoms with van der Waals surface area (Å²) in [6.07, 6.45) is 2.44. The van der Waals surface area contributed by atoms with Gasteiger partial charge >= 0.3 is 0 Å². The largest absolute Gasteiger partial charge is 0.349 e. The van der Waals surface area contributed by atoms with Gasteiger partial charge in [-0.25, -0.2) is 9.07 Å². The first kappa shape index (κ1) is 19.6. The third-order valence-electron chi connectivity index (χ3n) is 5.05. The lowest BCUT2D eigenvalue weighted by Crippen LogP contribution is -2.34. The highest BCUT2D eigenvalue weighted by atomic mass is 35.5. The Balaban J connectivity index is 1.61. The molecule has 0 saturated carbocycles. The summed E-state index contributed by atoms with van der Waals surface area (Å²) in [6, 6.07) is 15.0. The number of aromatic nitrogens is 2. The quantitative estimate of drug-likeness (QED) is 0.661. The number of likely N-dealkylation sites (tertiary alicyclic amines) is 1. The van der Waals surface area contributed by atoms with Gasteiger partial charge in [0, 0.05) is 23.7 Å². The highest BCUT2D eigenvalue weighted by Gasteiger charge is 2.18. The van der Waals surface area contributed by atoms with Gasteiger partial charge in [-0.2, -0.15) is 5.10 Å². The minimum atomic E-state index is -0.317. The van der Waals surface area contributed by atoms with E-state index in [-0.39, 0.29) is 11.7 Å². The fraction of sp³-hybridized carbons (Fsp3) is 0.273. The number of nitrogens with zero attached hydrogens (tertiary/aromatic N) is 3. The molecule has 2 aromatic carbocycles. The fourth-order valence-electron chi connectivity index (χ4n) is 3.53. The van der Waals surface area contributed by atoms with Gasteiger partial charge in [0.2, 0.25) is 0 Å². The average molecular weight is 413 g/mol. The monoisotopic (exact) mass is 412 g/mol. The number of benzene rings is 2. The van der Waals surface area contributed by atoms with E-state index in [1.165, 1.54) is 25.0 Å². The Bertz CT molecular complexity index is 996. The topological polar surface area (TPSA) is 50.2 Å². The lowest BCUT2D eigenvalue weighted by Gasteiger charge is -2.15. The van der Waals surface area contributed by atoms with E-state index in [1.807, 2.05) is 12.1 Å². The van der Waals surface area contributed by atoms with Crippen molar-refractivity contribution in [3.05, 3.63) is 71.1 Å². The van der Waals surface area contributed by atoms with Crippen LogP contribution in [0.25, 0.3) is 16.9 Å². The van der Waals surface area contributed by atoms with Crippen LogP contribution < -0.4 is 5.32 Å². The molecule has 0 radical (unpaired) electrons. The van der Waals surface area contributed by atoms with Gasteiger partial charge in [-0.05, 0) is 74.5 Å². The smallest absolute Gasteiger partial charge is 0.270 e. The van der Waals surface area contributed by atoms with Crippen molar-refractivity contribution in [2.75, 3.05) is 26.2 Å². The Morgan fingerprint density at radius 3 is 2.59 bits per heavy atom. The van der Waals surface area contributed by atoms with Crippen molar-refractivity contribution in [2.24, 2.45) is 0 Å². The second-order valence-electron chi connectivity index (χ2n) is 7.12. The highest BCUT2D eigenvalue weighted by Crippen LogP contribution is 2.23. The molecule has 0 spiro atoms. The average Bonchev–Trinajstić information content (AvgIpc) is 3.38. The molecule has 4 rings (SSSR count). The number of hydrogen-bond acceptors (Lipinski definition) is 3. The van der Waals surface area contributed by atoms with Gasteiger partial charge in [0.15, 0.2) is 0 Å². The normalized spacial score (nSPS) is 14.3. The van der Waals surface area contributed by atoms with Gasteiger partial charge in [-0.1, -0.05) is 17.7 Å². The van der Waals surface area contributed by atoms with Crippen LogP contribution in [-0.2, 0) is 0 Å². The Kier molecular flexibility index (Phi) is 5.92. The molecular formula is C22H22ClFN4O. The summed E-state index contributed by atoms with van der Waals surface area (Å²) in [7, 11) is 0. The summed E-state index contributed by atoms with van der Waals surface area (Å²) < 4.78 is 14.9. The van der Waals surface area contributed by atoms with Crippen LogP contribution in [-0.4, -0.2) is 46.8 Å². The molecule has 2 heterocycles. The molecule has 1 aromatic heterocycles. The fourth-order valence-corrected chi connectivity index (χ4v) is 3.72. The number of hydrogen-bond donors (Lipinski definition) is 1. The molecule has 1 N–H and O–H groups in total. The van der Waals surface area contributed by atoms with Gasteiger partial charge in [0.1, 0.15) is 11.5 Å². The molecule has 1 fully saturated rings. The number of carbonyl (C=O) groups excluding carboxylic acids is 1. The van der Waals surface area contributed by atoms with Crippen molar-refractivity contribution < 1.29 is 9.18 Å². The van der Waals surface area contributed by atoms with Crippen LogP contribution in [0.2, 0.25) is 5.02 Å². The second-order valence-corrected chi connectivity index (χ2v) is 7.55. The van der Waals surface area contributed by atoms with Gasteiger partial charge in [-0.3, -0.25) is 4.79 Å². The Hall–Kier alpha value is -2.70. The van der Waals surface area contributed by atoms with E-state index in [2.05, 4.69) is 15.3 Å². The van der Waals surface area contributed by atoms with E-state index >= 15 is 0 Å². The molecule has 0 atom stereocenters. The molecule has 0 bridgehead atoms. The Morgan fingerprint density at radius 1 is 1.10 bits per heavy atom. The molecule has 1 aliphatic rings. The maximum absolute atomic E-state index is 13.3. The van der Waals surface area contributed by atoms with E-state index < -0.39 is 0 Å². The number of carbonyl (C=O) groups is 1. The summed E-state index contributed by atoms with van der Waals surface area (Å²) in [6.45, 7) is 3.59. The van der Waals surface area contributed by atoms with Gasteiger partial charge in [0.05, 0.1) is 11.4 Å². The first-order valence-electron chi connectivity index (χ1n) is 9.73. The van der Waals surface area contributed by atoms with E-state index in [4.69, 9.17) is 11.6 Å². The Labute approximate surface area is 174 Å². The lowest BCUT2D eigenvalue weighted by atomic mass is 10.1. The van der Waals surface area contributed by atoms with Crippen molar-refractivity contribution in [1.29, 1.82) is 0 Å². The van der Waals surface area contributed by atoms with Gasteiger partial charge in [-0.15, -0.1) is 0 Å². The molecular weight excluding hydrogens is 391 g/mol. The predicted octanol–water partition coefficient (Wildman–Crippen LogP) is 4.16. The van der Waals surface area contributed by atoms with E-state index in [1.54, 1.807) is 35.0 Å². The molecule has 1 aliphatic heterocycles. The molecule has 7 heteroatoms. The lowest BCUT2D eigenvalue weighted by molar-refractivity contribution is 0.0942. The van der Waals surface area contributed by atoms with Gasteiger partial charge in [0.25, 0.3) is 5.91 Å². The summed E-state index contributed by atoms with van der Waals surface area (Å²) in [5.74, 6) is -0.520. The van der Waals surface area contributed by atoms with E-state index in [0.29, 0.717) is 28.6 Å². The molecule has 1 saturated heterocycles. The predicted molar refractivity (Wildman–Crippen MR) is 112 cm³/mol. The first-order chi connectivity index (χ1) is 14.1. The summed E-state index contributed by atoms with van der Waals surface area (Å²) in [5, 5.41) is 8.14. The maximum atomic E-state index is 13.3. The third-order valence-corrected chi connectivity index (χ3v) is 5.28. The Morgan fingerprint density at radius 2 is 1.86 bits per heavy atom. The zero-order chi connectivity index (χ0) is 20.2. The minimum absolute atomic E-state index is 0.204. The molecule has 150 valence electrons. The molecule has 5 nitrogen and oxygen atoms in total. The maximum Gasteiger partial charge on any atom is 0.270 e. The summed E-state index contributed by atoms with van der Waals surface area (Å²) >= 11 is 6.14. The SMILES string of the molecule is O=C(NCCN1CCCC1)c1cc(-c2ccc(F)cc2)nn1-c1cccc(Cl)c1. The molecule has 0 unspecified atom stereocenters. The van der Waals surface area contributed by atoms with Crippen LogP contribution in [0.1, 0.15) is 23.3 Å². The highest BCUT2D eigenvalue weighted by molar-refractivity contribution is 6.30. The zero-order valence-corrected chi connectivity index (χ0v) is 16.7. The summed E-state index contributed by atoms with van der Waals surface area (Å²) in [5.41, 5.74) is 2.43. The van der Waals surface area contributed by atoms with Crippen molar-refractivity contribution in [3.8, 4) is 16.9 Å². The van der Waals surface area contributed by atoms with E-state index in [9.17, 15) is 9.18 Å². The first-order valence-corrected chi connectivity index (χ1v) is 10.1. The zero-order valence-electron chi connectivity index (χ0n) is 15.9. The van der Waals surface area contributed by atoms with Crippen molar-refractivity contribution in [1.82, 2.24) is 20.0 Å². The number of halogens is 2. The number of rotatable bonds is 6. The number of nitrogens with one attached hydrogen (secondary N) is 1. The standard InChI is InChI=1S/C22H22ClFN4O/c23-17-4-3-5-19(14-17)28-21(22(29)25-10-13-27-11-1-2-12-27)15-20(26-28)16-6-8-18(24)9-7-16/h3-9,14-15H,1-2,10-13H2,(H,25,29). The minimum Gasteiger partial charge on any atom is -0.349 e. The van der Waals surface area contributed by atoms with Crippen molar-refractivity contribution >= 4 is 17.5 Å². The summed E-state index contributed by atoms with van der Waals surface area (Å²) in [4.78, 5) is 15.3. The van der Waals surface area contributed by atoms with Crippen molar-refractivity contribution in [3.63, 3.8) is 0 Å². The molecule has 0 aliphatic carbocycles.